The first-order valence-electron chi connectivity index (χ1n) is 8.77. The molecule has 0 atom stereocenters. The molecular formula is C21H19N3O5. The molecule has 2 aromatic carbocycles. The van der Waals surface area contributed by atoms with E-state index in [-0.39, 0.29) is 28.2 Å². The molecule has 0 radical (unpaired) electrons. The molecule has 0 bridgehead atoms. The third kappa shape index (κ3) is 4.67. The molecule has 0 aliphatic heterocycles. The van der Waals surface area contributed by atoms with Crippen molar-refractivity contribution < 1.29 is 14.5 Å². The van der Waals surface area contributed by atoms with Gasteiger partial charge in [0.2, 0.25) is 0 Å². The molecule has 0 fully saturated rings. The van der Waals surface area contributed by atoms with E-state index in [2.05, 4.69) is 5.32 Å². The number of anilines is 1. The molecule has 0 spiro atoms. The second-order valence-electron chi connectivity index (χ2n) is 6.47. The van der Waals surface area contributed by atoms with Crippen LogP contribution >= 0.6 is 0 Å². The lowest BCUT2D eigenvalue weighted by Gasteiger charge is -2.11. The van der Waals surface area contributed by atoms with Crippen LogP contribution in [0.2, 0.25) is 0 Å². The Morgan fingerprint density at radius 3 is 2.52 bits per heavy atom. The van der Waals surface area contributed by atoms with Gasteiger partial charge in [0.15, 0.2) is 0 Å². The zero-order chi connectivity index (χ0) is 21.0. The van der Waals surface area contributed by atoms with Crippen LogP contribution in [0.25, 0.3) is 0 Å². The van der Waals surface area contributed by atoms with E-state index in [0.717, 1.165) is 11.1 Å². The Morgan fingerprint density at radius 1 is 1.14 bits per heavy atom. The van der Waals surface area contributed by atoms with Crippen LogP contribution in [0.5, 0.6) is 5.75 Å². The van der Waals surface area contributed by atoms with E-state index in [4.69, 9.17) is 4.74 Å². The zero-order valence-corrected chi connectivity index (χ0v) is 15.9. The predicted molar refractivity (Wildman–Crippen MR) is 109 cm³/mol. The molecular weight excluding hydrogens is 374 g/mol. The normalized spacial score (nSPS) is 10.4. The maximum absolute atomic E-state index is 12.7. The first kappa shape index (κ1) is 19.8. The maximum atomic E-state index is 12.7. The maximum Gasteiger partial charge on any atom is 0.271 e. The molecule has 1 aromatic heterocycles. The van der Waals surface area contributed by atoms with Gasteiger partial charge in [-0.05, 0) is 24.6 Å². The first-order chi connectivity index (χ1) is 13.9. The summed E-state index contributed by atoms with van der Waals surface area (Å²) in [6.45, 7) is 2.30. The van der Waals surface area contributed by atoms with E-state index < -0.39 is 10.8 Å². The smallest absolute Gasteiger partial charge is 0.271 e. The van der Waals surface area contributed by atoms with Crippen molar-refractivity contribution in [2.75, 3.05) is 12.4 Å². The van der Waals surface area contributed by atoms with Crippen LogP contribution in [-0.4, -0.2) is 22.5 Å². The number of hydrogen-bond donors (Lipinski definition) is 1. The predicted octanol–water partition coefficient (Wildman–Crippen LogP) is 3.37. The quantitative estimate of drug-likeness (QED) is 0.511. The Morgan fingerprint density at radius 2 is 1.86 bits per heavy atom. The SMILES string of the molecule is COc1ccc([N+](=O)[O-])cc1NC(=O)c1ccc(=O)n(Cc2ccc(C)cc2)c1. The second kappa shape index (κ2) is 8.39. The fourth-order valence-electron chi connectivity index (χ4n) is 2.78. The number of nitrogens with one attached hydrogen (secondary N) is 1. The molecule has 0 unspecified atom stereocenters. The monoisotopic (exact) mass is 393 g/mol. The average molecular weight is 393 g/mol. The Balaban J connectivity index is 1.86. The molecule has 29 heavy (non-hydrogen) atoms. The number of aryl methyl sites for hydroxylation is 1. The molecule has 0 aliphatic rings. The van der Waals surface area contributed by atoms with Crippen molar-refractivity contribution in [3.05, 3.63) is 98.0 Å². The topological polar surface area (TPSA) is 103 Å². The number of nitrogens with zero attached hydrogens (tertiary/aromatic N) is 2. The number of pyridine rings is 1. The number of carbonyl (C=O) groups is 1. The molecule has 1 heterocycles. The second-order valence-corrected chi connectivity index (χ2v) is 6.47. The van der Waals surface area contributed by atoms with Crippen LogP contribution in [0.3, 0.4) is 0 Å². The van der Waals surface area contributed by atoms with Gasteiger partial charge in [-0.2, -0.15) is 0 Å². The van der Waals surface area contributed by atoms with Crippen molar-refractivity contribution in [3.63, 3.8) is 0 Å². The summed E-state index contributed by atoms with van der Waals surface area (Å²) in [6, 6.07) is 14.4. The van der Waals surface area contributed by atoms with Crippen molar-refractivity contribution in [1.29, 1.82) is 0 Å². The van der Waals surface area contributed by atoms with Crippen molar-refractivity contribution in [2.24, 2.45) is 0 Å². The summed E-state index contributed by atoms with van der Waals surface area (Å²) in [6.07, 6.45) is 1.46. The van der Waals surface area contributed by atoms with Gasteiger partial charge in [0, 0.05) is 24.4 Å². The fourth-order valence-corrected chi connectivity index (χ4v) is 2.78. The molecule has 148 valence electrons. The molecule has 0 aliphatic carbocycles. The van der Waals surface area contributed by atoms with Crippen molar-refractivity contribution >= 4 is 17.3 Å². The lowest BCUT2D eigenvalue weighted by atomic mass is 10.1. The van der Waals surface area contributed by atoms with Crippen LogP contribution in [-0.2, 0) is 6.54 Å². The minimum Gasteiger partial charge on any atom is -0.495 e. The molecule has 3 aromatic rings. The number of nitro benzene ring substituents is 1. The summed E-state index contributed by atoms with van der Waals surface area (Å²) < 4.78 is 6.59. The van der Waals surface area contributed by atoms with Crippen LogP contribution in [0.15, 0.2) is 65.6 Å². The lowest BCUT2D eigenvalue weighted by molar-refractivity contribution is -0.384. The van der Waals surface area contributed by atoms with E-state index in [9.17, 15) is 19.7 Å². The van der Waals surface area contributed by atoms with Crippen LogP contribution in [0, 0.1) is 17.0 Å². The summed E-state index contributed by atoms with van der Waals surface area (Å²) in [5.41, 5.74) is 2.03. The number of aromatic nitrogens is 1. The number of benzene rings is 2. The highest BCUT2D eigenvalue weighted by Gasteiger charge is 2.15. The minimum absolute atomic E-state index is 0.169. The number of nitro groups is 1. The van der Waals surface area contributed by atoms with Gasteiger partial charge in [0.25, 0.3) is 17.2 Å². The number of methoxy groups -OCH3 is 1. The first-order valence-corrected chi connectivity index (χ1v) is 8.77. The zero-order valence-electron chi connectivity index (χ0n) is 15.9. The molecule has 8 heteroatoms. The lowest BCUT2D eigenvalue weighted by Crippen LogP contribution is -2.22. The third-order valence-electron chi connectivity index (χ3n) is 4.36. The molecule has 1 N–H and O–H groups in total. The van der Waals surface area contributed by atoms with E-state index in [0.29, 0.717) is 6.54 Å². The number of rotatable bonds is 6. The number of ether oxygens (including phenoxy) is 1. The van der Waals surface area contributed by atoms with E-state index in [1.165, 1.54) is 48.2 Å². The number of hydrogen-bond acceptors (Lipinski definition) is 5. The van der Waals surface area contributed by atoms with Gasteiger partial charge >= 0.3 is 0 Å². The Hall–Kier alpha value is -3.94. The van der Waals surface area contributed by atoms with Crippen LogP contribution in [0.4, 0.5) is 11.4 Å². The molecule has 1 amide bonds. The largest absolute Gasteiger partial charge is 0.495 e. The minimum atomic E-state index is -0.559. The molecule has 8 nitrogen and oxygen atoms in total. The number of amides is 1. The van der Waals surface area contributed by atoms with Crippen molar-refractivity contribution in [1.82, 2.24) is 4.57 Å². The highest BCUT2D eigenvalue weighted by molar-refractivity contribution is 6.05. The summed E-state index contributed by atoms with van der Waals surface area (Å²) in [5.74, 6) is -0.224. The highest BCUT2D eigenvalue weighted by Crippen LogP contribution is 2.29. The van der Waals surface area contributed by atoms with Crippen LogP contribution < -0.4 is 15.6 Å². The van der Waals surface area contributed by atoms with Gasteiger partial charge in [-0.25, -0.2) is 0 Å². The van der Waals surface area contributed by atoms with Crippen LogP contribution in [0.1, 0.15) is 21.5 Å². The van der Waals surface area contributed by atoms with E-state index >= 15 is 0 Å². The van der Waals surface area contributed by atoms with Gasteiger partial charge in [0.05, 0.1) is 29.8 Å². The Labute approximate surface area is 166 Å². The van der Waals surface area contributed by atoms with Crippen molar-refractivity contribution in [3.8, 4) is 5.75 Å². The van der Waals surface area contributed by atoms with E-state index in [1.807, 2.05) is 31.2 Å². The van der Waals surface area contributed by atoms with E-state index in [1.54, 1.807) is 0 Å². The average Bonchev–Trinajstić information content (AvgIpc) is 2.71. The van der Waals surface area contributed by atoms with Gasteiger partial charge in [0.1, 0.15) is 5.75 Å². The number of carbonyl (C=O) groups excluding carboxylic acids is 1. The van der Waals surface area contributed by atoms with Gasteiger partial charge in [-0.1, -0.05) is 29.8 Å². The number of non-ortho nitro benzene ring substituents is 1. The fraction of sp³-hybridized carbons (Fsp3) is 0.143. The summed E-state index contributed by atoms with van der Waals surface area (Å²) in [7, 11) is 1.40. The molecule has 0 saturated heterocycles. The third-order valence-corrected chi connectivity index (χ3v) is 4.36. The van der Waals surface area contributed by atoms with Crippen molar-refractivity contribution in [2.45, 2.75) is 13.5 Å². The standard InChI is InChI=1S/C21H19N3O5/c1-14-3-5-15(6-4-14)12-23-13-16(7-10-20(23)25)21(26)22-18-11-17(24(27)28)8-9-19(18)29-2/h3-11,13H,12H2,1-2H3,(H,22,26). The van der Waals surface area contributed by atoms with Gasteiger partial charge < -0.3 is 14.6 Å². The summed E-state index contributed by atoms with van der Waals surface area (Å²) >= 11 is 0. The molecule has 0 saturated carbocycles. The molecule has 3 rings (SSSR count). The highest BCUT2D eigenvalue weighted by atomic mass is 16.6. The van der Waals surface area contributed by atoms with Gasteiger partial charge in [-0.15, -0.1) is 0 Å². The summed E-state index contributed by atoms with van der Waals surface area (Å²) in [5, 5.41) is 13.6. The van der Waals surface area contributed by atoms with Gasteiger partial charge in [-0.3, -0.25) is 19.7 Å². The Bertz CT molecular complexity index is 1120. The Kier molecular flexibility index (Phi) is 5.73. The summed E-state index contributed by atoms with van der Waals surface area (Å²) in [4.78, 5) is 35.3.